The van der Waals surface area contributed by atoms with E-state index in [9.17, 15) is 4.79 Å². The second-order valence-corrected chi connectivity index (χ2v) is 6.79. The number of ether oxygens (including phenoxy) is 2. The molecule has 1 N–H and O–H groups in total. The molecule has 1 aromatic heterocycles. The van der Waals surface area contributed by atoms with Crippen molar-refractivity contribution in [2.24, 2.45) is 0 Å². The fraction of sp³-hybridized carbons (Fsp3) is 0.286. The summed E-state index contributed by atoms with van der Waals surface area (Å²) in [6, 6.07) is 12.6. The first-order valence-electron chi connectivity index (χ1n) is 9.17. The number of benzene rings is 2. The fourth-order valence-electron chi connectivity index (χ4n) is 2.64. The van der Waals surface area contributed by atoms with Gasteiger partial charge >= 0.3 is 0 Å². The highest BCUT2D eigenvalue weighted by atomic mass is 35.5. The third-order valence-corrected chi connectivity index (χ3v) is 4.73. The van der Waals surface area contributed by atoms with E-state index in [1.165, 1.54) is 0 Å². The van der Waals surface area contributed by atoms with Gasteiger partial charge in [-0.25, -0.2) is 0 Å². The summed E-state index contributed by atoms with van der Waals surface area (Å²) in [4.78, 5) is 16.8. The molecule has 152 valence electrons. The number of rotatable bonds is 8. The molecule has 0 saturated heterocycles. The van der Waals surface area contributed by atoms with Crippen molar-refractivity contribution in [2.75, 3.05) is 7.11 Å². The molecule has 3 aromatic rings. The van der Waals surface area contributed by atoms with Crippen LogP contribution in [0.3, 0.4) is 0 Å². The molecular weight excluding hydrogens is 394 g/mol. The number of hydrogen-bond donors (Lipinski definition) is 1. The number of amides is 1. The summed E-state index contributed by atoms with van der Waals surface area (Å²) in [5, 5.41) is 7.37. The number of aromatic nitrogens is 2. The van der Waals surface area contributed by atoms with Crippen molar-refractivity contribution in [3.05, 3.63) is 58.9 Å². The third-order valence-electron chi connectivity index (χ3n) is 4.30. The van der Waals surface area contributed by atoms with Gasteiger partial charge in [-0.15, -0.1) is 0 Å². The molecule has 0 bridgehead atoms. The molecule has 1 amide bonds. The van der Waals surface area contributed by atoms with E-state index in [-0.39, 0.29) is 12.5 Å². The summed E-state index contributed by atoms with van der Waals surface area (Å²) in [6.45, 7) is 3.87. The number of carbonyl (C=O) groups excluding carboxylic acids is 1. The lowest BCUT2D eigenvalue weighted by Crippen LogP contribution is -2.37. The van der Waals surface area contributed by atoms with Crippen LogP contribution < -0.4 is 14.8 Å². The van der Waals surface area contributed by atoms with E-state index in [1.54, 1.807) is 25.3 Å². The minimum Gasteiger partial charge on any atom is -0.497 e. The molecule has 2 aromatic carbocycles. The SMILES string of the molecule is CCC(Oc1ccc(Cl)c(C)c1)C(=O)NCc1nc(-c2ccc(OC)cc2)no1. The minimum atomic E-state index is -0.639. The normalized spacial score (nSPS) is 11.7. The Kier molecular flexibility index (Phi) is 6.72. The Labute approximate surface area is 174 Å². The first-order chi connectivity index (χ1) is 14.0. The van der Waals surface area contributed by atoms with Crippen LogP contribution in [0.15, 0.2) is 47.0 Å². The van der Waals surface area contributed by atoms with Crippen molar-refractivity contribution in [3.63, 3.8) is 0 Å². The van der Waals surface area contributed by atoms with Crippen LogP contribution in [0.5, 0.6) is 11.5 Å². The second-order valence-electron chi connectivity index (χ2n) is 6.38. The number of carbonyl (C=O) groups is 1. The van der Waals surface area contributed by atoms with Gasteiger partial charge < -0.3 is 19.3 Å². The van der Waals surface area contributed by atoms with Crippen LogP contribution in [0.25, 0.3) is 11.4 Å². The van der Waals surface area contributed by atoms with Crippen LogP contribution in [0.2, 0.25) is 5.02 Å². The molecule has 0 spiro atoms. The van der Waals surface area contributed by atoms with Gasteiger partial charge in [-0.3, -0.25) is 4.79 Å². The van der Waals surface area contributed by atoms with E-state index >= 15 is 0 Å². The Morgan fingerprint density at radius 3 is 2.59 bits per heavy atom. The predicted molar refractivity (Wildman–Crippen MR) is 109 cm³/mol. The molecule has 0 radical (unpaired) electrons. The number of halogens is 1. The van der Waals surface area contributed by atoms with Gasteiger partial charge in [0.2, 0.25) is 11.7 Å². The zero-order chi connectivity index (χ0) is 20.8. The lowest BCUT2D eigenvalue weighted by atomic mass is 10.2. The number of nitrogens with one attached hydrogen (secondary N) is 1. The minimum absolute atomic E-state index is 0.113. The summed E-state index contributed by atoms with van der Waals surface area (Å²) in [6.07, 6.45) is -0.131. The Balaban J connectivity index is 1.58. The van der Waals surface area contributed by atoms with E-state index < -0.39 is 6.10 Å². The Hall–Kier alpha value is -3.06. The molecule has 1 heterocycles. The maximum Gasteiger partial charge on any atom is 0.261 e. The van der Waals surface area contributed by atoms with Gasteiger partial charge in [0.1, 0.15) is 11.5 Å². The first-order valence-corrected chi connectivity index (χ1v) is 9.55. The molecule has 0 aliphatic heterocycles. The molecule has 0 fully saturated rings. The molecule has 3 rings (SSSR count). The van der Waals surface area contributed by atoms with Crippen LogP contribution in [0.4, 0.5) is 0 Å². The Morgan fingerprint density at radius 2 is 1.93 bits per heavy atom. The monoisotopic (exact) mass is 415 g/mol. The van der Waals surface area contributed by atoms with Crippen molar-refractivity contribution in [1.29, 1.82) is 0 Å². The predicted octanol–water partition coefficient (Wildman–Crippen LogP) is 4.18. The summed E-state index contributed by atoms with van der Waals surface area (Å²) < 4.78 is 16.2. The number of nitrogens with zero attached hydrogens (tertiary/aromatic N) is 2. The fourth-order valence-corrected chi connectivity index (χ4v) is 2.76. The summed E-state index contributed by atoms with van der Waals surface area (Å²) in [7, 11) is 1.60. The highest BCUT2D eigenvalue weighted by Crippen LogP contribution is 2.23. The quantitative estimate of drug-likeness (QED) is 0.593. The van der Waals surface area contributed by atoms with Gasteiger partial charge in [0, 0.05) is 10.6 Å². The summed E-state index contributed by atoms with van der Waals surface area (Å²) >= 11 is 6.03. The van der Waals surface area contributed by atoms with Crippen LogP contribution in [-0.2, 0) is 11.3 Å². The van der Waals surface area contributed by atoms with E-state index in [1.807, 2.05) is 38.1 Å². The maximum atomic E-state index is 12.5. The zero-order valence-corrected chi connectivity index (χ0v) is 17.2. The van der Waals surface area contributed by atoms with E-state index in [0.717, 1.165) is 16.9 Å². The highest BCUT2D eigenvalue weighted by molar-refractivity contribution is 6.31. The molecule has 1 atom stereocenters. The van der Waals surface area contributed by atoms with Crippen molar-refractivity contribution in [1.82, 2.24) is 15.5 Å². The second kappa shape index (κ2) is 9.43. The molecule has 1 unspecified atom stereocenters. The van der Waals surface area contributed by atoms with E-state index in [4.69, 9.17) is 25.6 Å². The maximum absolute atomic E-state index is 12.5. The van der Waals surface area contributed by atoms with Crippen molar-refractivity contribution >= 4 is 17.5 Å². The van der Waals surface area contributed by atoms with E-state index in [0.29, 0.717) is 28.9 Å². The van der Waals surface area contributed by atoms with Crippen LogP contribution >= 0.6 is 11.6 Å². The van der Waals surface area contributed by atoms with Crippen LogP contribution in [-0.4, -0.2) is 29.3 Å². The molecule has 8 heteroatoms. The van der Waals surface area contributed by atoms with Crippen molar-refractivity contribution in [3.8, 4) is 22.9 Å². The van der Waals surface area contributed by atoms with Crippen LogP contribution in [0.1, 0.15) is 24.8 Å². The van der Waals surface area contributed by atoms with Gasteiger partial charge in [-0.1, -0.05) is 23.7 Å². The van der Waals surface area contributed by atoms with Gasteiger partial charge in [0.15, 0.2) is 6.10 Å². The molecule has 29 heavy (non-hydrogen) atoms. The van der Waals surface area contributed by atoms with Gasteiger partial charge in [-0.2, -0.15) is 4.98 Å². The molecule has 7 nitrogen and oxygen atoms in total. The first kappa shape index (κ1) is 20.7. The molecule has 0 aliphatic carbocycles. The van der Waals surface area contributed by atoms with Gasteiger partial charge in [-0.05, 0) is 61.4 Å². The number of hydrogen-bond acceptors (Lipinski definition) is 6. The summed E-state index contributed by atoms with van der Waals surface area (Å²) in [5.41, 5.74) is 1.68. The summed E-state index contributed by atoms with van der Waals surface area (Å²) in [5.74, 6) is 1.82. The number of methoxy groups -OCH3 is 1. The number of aryl methyl sites for hydroxylation is 1. The standard InChI is InChI=1S/C21H22ClN3O4/c1-4-18(28-16-9-10-17(22)13(2)11-16)21(26)23-12-19-24-20(25-29-19)14-5-7-15(27-3)8-6-14/h5-11,18H,4,12H2,1-3H3,(H,23,26). The Bertz CT molecular complexity index is 972. The van der Waals surface area contributed by atoms with Crippen molar-refractivity contribution in [2.45, 2.75) is 32.9 Å². The molecule has 0 saturated carbocycles. The van der Waals surface area contributed by atoms with Crippen molar-refractivity contribution < 1.29 is 18.8 Å². The molecule has 0 aliphatic rings. The smallest absolute Gasteiger partial charge is 0.261 e. The Morgan fingerprint density at radius 1 is 1.21 bits per heavy atom. The zero-order valence-electron chi connectivity index (χ0n) is 16.4. The van der Waals surface area contributed by atoms with Gasteiger partial charge in [0.25, 0.3) is 5.91 Å². The van der Waals surface area contributed by atoms with E-state index in [2.05, 4.69) is 15.5 Å². The highest BCUT2D eigenvalue weighted by Gasteiger charge is 2.19. The van der Waals surface area contributed by atoms with Gasteiger partial charge in [0.05, 0.1) is 13.7 Å². The topological polar surface area (TPSA) is 86.5 Å². The molecular formula is C21H22ClN3O4. The largest absolute Gasteiger partial charge is 0.497 e. The lowest BCUT2D eigenvalue weighted by molar-refractivity contribution is -0.128. The third kappa shape index (κ3) is 5.26. The lowest BCUT2D eigenvalue weighted by Gasteiger charge is -2.17. The van der Waals surface area contributed by atoms with Crippen LogP contribution in [0, 0.1) is 6.92 Å². The average Bonchev–Trinajstić information content (AvgIpc) is 3.22. The average molecular weight is 416 g/mol.